The normalized spacial score (nSPS) is 11.4. The van der Waals surface area contributed by atoms with E-state index in [0.29, 0.717) is 5.82 Å². The number of benzene rings is 6. The Morgan fingerprint density at radius 3 is 1.53 bits per heavy atom. The van der Waals surface area contributed by atoms with Gasteiger partial charge in [0.15, 0.2) is 5.82 Å². The summed E-state index contributed by atoms with van der Waals surface area (Å²) in [6, 6.07) is 57.1. The molecule has 0 fully saturated rings. The first-order chi connectivity index (χ1) is 23.3. The van der Waals surface area contributed by atoms with Crippen LogP contribution in [0.25, 0.3) is 87.4 Å². The molecular weight excluding hydrogens is 591 g/mol. The summed E-state index contributed by atoms with van der Waals surface area (Å²) in [6.07, 6.45) is 0. The van der Waals surface area contributed by atoms with Crippen molar-refractivity contribution in [3.8, 4) is 56.3 Å². The quantitative estimate of drug-likeness (QED) is 0.193. The average Bonchev–Trinajstić information content (AvgIpc) is 3.55. The van der Waals surface area contributed by atoms with Gasteiger partial charge in [-0.05, 0) is 29.3 Å². The molecule has 9 aromatic rings. The zero-order valence-electron chi connectivity index (χ0n) is 25.3. The van der Waals surface area contributed by atoms with Crippen molar-refractivity contribution in [2.75, 3.05) is 0 Å². The van der Waals surface area contributed by atoms with Crippen LogP contribution in [0.2, 0.25) is 0 Å². The lowest BCUT2D eigenvalue weighted by atomic mass is 9.99. The Morgan fingerprint density at radius 1 is 0.383 bits per heavy atom. The molecule has 0 spiro atoms. The van der Waals surface area contributed by atoms with Crippen LogP contribution in [0.4, 0.5) is 0 Å². The molecule has 0 radical (unpaired) electrons. The summed E-state index contributed by atoms with van der Waals surface area (Å²) in [5.74, 6) is 0.710. The van der Waals surface area contributed by atoms with Gasteiger partial charge in [0.25, 0.3) is 0 Å². The minimum atomic E-state index is 0.710. The second kappa shape index (κ2) is 11.4. The van der Waals surface area contributed by atoms with Crippen LogP contribution in [0.5, 0.6) is 0 Å². The van der Waals surface area contributed by atoms with Crippen LogP contribution < -0.4 is 0 Å². The summed E-state index contributed by atoms with van der Waals surface area (Å²) in [7, 11) is 0. The molecule has 9 rings (SSSR count). The Labute approximate surface area is 276 Å². The lowest BCUT2D eigenvalue weighted by Crippen LogP contribution is -1.95. The lowest BCUT2D eigenvalue weighted by Gasteiger charge is -2.10. The predicted molar refractivity (Wildman–Crippen MR) is 197 cm³/mol. The summed E-state index contributed by atoms with van der Waals surface area (Å²) in [6.45, 7) is 0. The first kappa shape index (κ1) is 27.3. The van der Waals surface area contributed by atoms with Crippen LogP contribution in [-0.2, 0) is 0 Å². The summed E-state index contributed by atoms with van der Waals surface area (Å²) in [5, 5.41) is 3.78. The van der Waals surface area contributed by atoms with Crippen molar-refractivity contribution < 1.29 is 0 Å². The van der Waals surface area contributed by atoms with Crippen LogP contribution in [0.1, 0.15) is 0 Å². The van der Waals surface area contributed by atoms with Crippen LogP contribution in [0.15, 0.2) is 164 Å². The average molecular weight is 618 g/mol. The topological polar surface area (TPSA) is 38.7 Å². The second-order valence-electron chi connectivity index (χ2n) is 11.6. The van der Waals surface area contributed by atoms with Gasteiger partial charge in [-0.15, -0.1) is 11.3 Å². The molecule has 0 unspecified atom stereocenters. The third-order valence-corrected chi connectivity index (χ3v) is 9.89. The number of pyridine rings is 1. The number of para-hydroxylation sites is 1. The van der Waals surface area contributed by atoms with Gasteiger partial charge < -0.3 is 0 Å². The van der Waals surface area contributed by atoms with Gasteiger partial charge in [-0.25, -0.2) is 15.0 Å². The Balaban J connectivity index is 1.08. The Hall–Kier alpha value is -5.97. The highest BCUT2D eigenvalue weighted by molar-refractivity contribution is 7.26. The molecule has 3 heterocycles. The molecule has 0 saturated carbocycles. The van der Waals surface area contributed by atoms with Crippen molar-refractivity contribution >= 4 is 42.4 Å². The molecule has 0 atom stereocenters. The molecule has 6 aromatic carbocycles. The van der Waals surface area contributed by atoms with Crippen molar-refractivity contribution in [3.63, 3.8) is 0 Å². The van der Waals surface area contributed by atoms with Crippen molar-refractivity contribution in [2.24, 2.45) is 0 Å². The van der Waals surface area contributed by atoms with Crippen molar-refractivity contribution in [1.82, 2.24) is 15.0 Å². The number of rotatable bonds is 5. The fraction of sp³-hybridized carbons (Fsp3) is 0. The fourth-order valence-electron chi connectivity index (χ4n) is 6.35. The van der Waals surface area contributed by atoms with Gasteiger partial charge >= 0.3 is 0 Å². The van der Waals surface area contributed by atoms with Crippen molar-refractivity contribution in [3.05, 3.63) is 164 Å². The number of hydrogen-bond acceptors (Lipinski definition) is 4. The van der Waals surface area contributed by atoms with E-state index in [2.05, 4.69) is 127 Å². The molecule has 0 saturated heterocycles. The lowest BCUT2D eigenvalue weighted by molar-refractivity contribution is 1.18. The molecular formula is C43H27N3S. The Morgan fingerprint density at radius 2 is 0.894 bits per heavy atom. The molecule has 0 aliphatic heterocycles. The summed E-state index contributed by atoms with van der Waals surface area (Å²) < 4.78 is 2.52. The minimum Gasteiger partial charge on any atom is -0.246 e. The smallest absolute Gasteiger partial charge is 0.160 e. The summed E-state index contributed by atoms with van der Waals surface area (Å²) >= 11 is 1.82. The highest BCUT2D eigenvalue weighted by Crippen LogP contribution is 2.42. The number of aromatic nitrogens is 3. The van der Waals surface area contributed by atoms with Crippen LogP contribution >= 0.6 is 11.3 Å². The van der Waals surface area contributed by atoms with E-state index in [9.17, 15) is 0 Å². The van der Waals surface area contributed by atoms with E-state index in [1.165, 1.54) is 25.6 Å². The van der Waals surface area contributed by atoms with Gasteiger partial charge in [0, 0.05) is 43.1 Å². The maximum Gasteiger partial charge on any atom is 0.160 e. The van der Waals surface area contributed by atoms with Gasteiger partial charge in [0.05, 0.1) is 27.3 Å². The van der Waals surface area contributed by atoms with Crippen LogP contribution in [0.3, 0.4) is 0 Å². The van der Waals surface area contributed by atoms with Gasteiger partial charge in [-0.1, -0.05) is 146 Å². The number of fused-ring (bicyclic) bond motifs is 5. The molecule has 3 nitrogen and oxygen atoms in total. The predicted octanol–water partition coefficient (Wildman–Crippen LogP) is 11.7. The third-order valence-electron chi connectivity index (χ3n) is 8.72. The molecule has 0 aliphatic rings. The van der Waals surface area contributed by atoms with Gasteiger partial charge in [-0.2, -0.15) is 0 Å². The number of hydrogen-bond donors (Lipinski definition) is 0. The second-order valence-corrected chi connectivity index (χ2v) is 12.7. The van der Waals surface area contributed by atoms with Crippen LogP contribution in [-0.4, -0.2) is 15.0 Å². The largest absolute Gasteiger partial charge is 0.246 e. The Bertz CT molecular complexity index is 2480. The maximum atomic E-state index is 5.17. The summed E-state index contributed by atoms with van der Waals surface area (Å²) in [5.41, 5.74) is 10.4. The monoisotopic (exact) mass is 617 g/mol. The maximum absolute atomic E-state index is 5.17. The first-order valence-corrected chi connectivity index (χ1v) is 16.5. The third kappa shape index (κ3) is 4.96. The first-order valence-electron chi connectivity index (χ1n) is 15.7. The van der Waals surface area contributed by atoms with E-state index in [1.54, 1.807) is 0 Å². The van der Waals surface area contributed by atoms with E-state index in [-0.39, 0.29) is 0 Å². The highest BCUT2D eigenvalue weighted by Gasteiger charge is 2.16. The van der Waals surface area contributed by atoms with Gasteiger partial charge in [0.2, 0.25) is 0 Å². The molecule has 0 N–H and O–H groups in total. The number of nitrogens with zero attached hydrogens (tertiary/aromatic N) is 3. The minimum absolute atomic E-state index is 0.710. The molecule has 220 valence electrons. The SMILES string of the molecule is c1ccc(-c2cc(-c3ccccc3)nc(-c3ccc(-c4ccc(-c5nc6ccccc6c6c5sc5ccccc56)cc4)cc3)n2)cc1. The fourth-order valence-corrected chi connectivity index (χ4v) is 7.58. The molecule has 4 heteroatoms. The van der Waals surface area contributed by atoms with Crippen molar-refractivity contribution in [1.29, 1.82) is 0 Å². The van der Waals surface area contributed by atoms with Crippen molar-refractivity contribution in [2.45, 2.75) is 0 Å². The molecule has 0 bridgehead atoms. The standard InChI is InChI=1S/C43H27N3S/c1-3-11-30(12-4-1)37-27-38(31-13-5-2-6-14-31)46-43(45-37)33-25-21-29(22-26-33)28-19-23-32(24-20-28)41-42-40(34-15-7-9-17-36(34)44-41)35-16-8-10-18-39(35)47-42/h1-27H. The highest BCUT2D eigenvalue weighted by atomic mass is 32.1. The molecule has 3 aromatic heterocycles. The van der Waals surface area contributed by atoms with E-state index >= 15 is 0 Å². The number of thiophene rings is 1. The van der Waals surface area contributed by atoms with E-state index in [1.807, 2.05) is 47.7 Å². The molecule has 0 aliphatic carbocycles. The Kier molecular flexibility index (Phi) is 6.65. The van der Waals surface area contributed by atoms with E-state index in [4.69, 9.17) is 15.0 Å². The van der Waals surface area contributed by atoms with Crippen LogP contribution in [0, 0.1) is 0 Å². The van der Waals surface area contributed by atoms with E-state index in [0.717, 1.165) is 56.0 Å². The van der Waals surface area contributed by atoms with Gasteiger partial charge in [-0.3, -0.25) is 0 Å². The summed E-state index contributed by atoms with van der Waals surface area (Å²) in [4.78, 5) is 15.2. The van der Waals surface area contributed by atoms with E-state index < -0.39 is 0 Å². The van der Waals surface area contributed by atoms with Gasteiger partial charge in [0.1, 0.15) is 0 Å². The molecule has 47 heavy (non-hydrogen) atoms. The molecule has 0 amide bonds. The zero-order chi connectivity index (χ0) is 31.2. The zero-order valence-corrected chi connectivity index (χ0v) is 26.2.